The van der Waals surface area contributed by atoms with Crippen LogP contribution < -0.4 is 4.74 Å². The molecule has 0 spiro atoms. The van der Waals surface area contributed by atoms with Crippen LogP contribution in [-0.2, 0) is 9.53 Å². The molecule has 3 nitrogen and oxygen atoms in total. The Bertz CT molecular complexity index is 411. The van der Waals surface area contributed by atoms with Crippen molar-refractivity contribution >= 4 is 5.97 Å². The van der Waals surface area contributed by atoms with Crippen molar-refractivity contribution in [1.82, 2.24) is 0 Å². The van der Waals surface area contributed by atoms with Crippen LogP contribution in [0.1, 0.15) is 77.4 Å². The van der Waals surface area contributed by atoms with Gasteiger partial charge in [0.1, 0.15) is 11.9 Å². The molecule has 1 aromatic carbocycles. The van der Waals surface area contributed by atoms with E-state index in [0.717, 1.165) is 30.8 Å². The quantitative estimate of drug-likeness (QED) is 0.403. The molecule has 0 fully saturated rings. The number of ether oxygens (including phenoxy) is 2. The van der Waals surface area contributed by atoms with Gasteiger partial charge in [0.2, 0.25) is 0 Å². The van der Waals surface area contributed by atoms with Gasteiger partial charge in [0.15, 0.2) is 0 Å². The van der Waals surface area contributed by atoms with Crippen LogP contribution in [0.25, 0.3) is 0 Å². The Labute approximate surface area is 135 Å². The van der Waals surface area contributed by atoms with Gasteiger partial charge < -0.3 is 9.47 Å². The maximum absolute atomic E-state index is 11.5. The SMILES string of the molecule is CCCCCCCOc1ccc(C(C)OC(=O)CCC)cc1. The smallest absolute Gasteiger partial charge is 0.306 e. The summed E-state index contributed by atoms with van der Waals surface area (Å²) < 4.78 is 11.1. The largest absolute Gasteiger partial charge is 0.494 e. The fraction of sp³-hybridized carbons (Fsp3) is 0.632. The molecule has 0 saturated carbocycles. The number of rotatable bonds is 11. The third-order valence-electron chi connectivity index (χ3n) is 3.63. The number of carbonyl (C=O) groups is 1. The van der Waals surface area contributed by atoms with Crippen LogP contribution in [0.2, 0.25) is 0 Å². The van der Waals surface area contributed by atoms with Crippen LogP contribution >= 0.6 is 0 Å². The molecule has 0 aliphatic heterocycles. The first-order chi connectivity index (χ1) is 10.7. The lowest BCUT2D eigenvalue weighted by atomic mass is 10.1. The summed E-state index contributed by atoms with van der Waals surface area (Å²) in [6.45, 7) is 6.86. The number of esters is 1. The molecule has 0 aromatic heterocycles. The van der Waals surface area contributed by atoms with E-state index in [2.05, 4.69) is 6.92 Å². The lowest BCUT2D eigenvalue weighted by Crippen LogP contribution is -2.08. The van der Waals surface area contributed by atoms with Crippen molar-refractivity contribution in [3.63, 3.8) is 0 Å². The summed E-state index contributed by atoms with van der Waals surface area (Å²) in [6, 6.07) is 7.84. The van der Waals surface area contributed by atoms with E-state index in [1.54, 1.807) is 0 Å². The van der Waals surface area contributed by atoms with Gasteiger partial charge in [0.05, 0.1) is 6.61 Å². The molecule has 0 heterocycles. The Kier molecular flexibility index (Phi) is 9.36. The molecule has 1 atom stereocenters. The number of hydrogen-bond acceptors (Lipinski definition) is 3. The molecule has 3 heteroatoms. The first kappa shape index (κ1) is 18.5. The van der Waals surface area contributed by atoms with Gasteiger partial charge in [-0.2, -0.15) is 0 Å². The van der Waals surface area contributed by atoms with Gasteiger partial charge in [-0.3, -0.25) is 4.79 Å². The van der Waals surface area contributed by atoms with Crippen molar-refractivity contribution in [3.05, 3.63) is 29.8 Å². The van der Waals surface area contributed by atoms with Gasteiger partial charge in [-0.15, -0.1) is 0 Å². The van der Waals surface area contributed by atoms with E-state index in [0.29, 0.717) is 6.42 Å². The molecule has 1 aromatic rings. The van der Waals surface area contributed by atoms with E-state index >= 15 is 0 Å². The zero-order valence-corrected chi connectivity index (χ0v) is 14.3. The van der Waals surface area contributed by atoms with E-state index in [4.69, 9.17) is 9.47 Å². The van der Waals surface area contributed by atoms with E-state index in [1.807, 2.05) is 38.1 Å². The van der Waals surface area contributed by atoms with E-state index in [9.17, 15) is 4.79 Å². The Balaban J connectivity index is 2.31. The summed E-state index contributed by atoms with van der Waals surface area (Å²) in [5.41, 5.74) is 1.000. The van der Waals surface area contributed by atoms with Gasteiger partial charge in [-0.1, -0.05) is 51.7 Å². The summed E-state index contributed by atoms with van der Waals surface area (Å²) in [5, 5.41) is 0. The van der Waals surface area contributed by atoms with E-state index in [1.165, 1.54) is 25.7 Å². The third kappa shape index (κ3) is 7.48. The summed E-state index contributed by atoms with van der Waals surface area (Å²) in [7, 11) is 0. The number of carbonyl (C=O) groups excluding carboxylic acids is 1. The van der Waals surface area contributed by atoms with Gasteiger partial charge >= 0.3 is 5.97 Å². The molecular formula is C19H30O3. The summed E-state index contributed by atoms with van der Waals surface area (Å²) in [4.78, 5) is 11.5. The Morgan fingerprint density at radius 2 is 1.68 bits per heavy atom. The van der Waals surface area contributed by atoms with Gasteiger partial charge in [0, 0.05) is 6.42 Å². The Morgan fingerprint density at radius 1 is 1.00 bits per heavy atom. The van der Waals surface area contributed by atoms with Gasteiger partial charge in [-0.05, 0) is 37.5 Å². The van der Waals surface area contributed by atoms with Gasteiger partial charge in [0.25, 0.3) is 0 Å². The molecule has 0 N–H and O–H groups in total. The van der Waals surface area contributed by atoms with Crippen LogP contribution in [0, 0.1) is 0 Å². The zero-order valence-electron chi connectivity index (χ0n) is 14.3. The lowest BCUT2D eigenvalue weighted by molar-refractivity contribution is -0.148. The van der Waals surface area contributed by atoms with Crippen molar-refractivity contribution in [2.24, 2.45) is 0 Å². The van der Waals surface area contributed by atoms with Crippen LogP contribution in [0.5, 0.6) is 5.75 Å². The summed E-state index contributed by atoms with van der Waals surface area (Å²) in [5.74, 6) is 0.744. The number of unbranched alkanes of at least 4 members (excludes halogenated alkanes) is 4. The van der Waals surface area contributed by atoms with Crippen molar-refractivity contribution < 1.29 is 14.3 Å². The highest BCUT2D eigenvalue weighted by molar-refractivity contribution is 5.69. The molecule has 0 amide bonds. The minimum atomic E-state index is -0.206. The van der Waals surface area contributed by atoms with Gasteiger partial charge in [-0.25, -0.2) is 0 Å². The second kappa shape index (κ2) is 11.1. The highest BCUT2D eigenvalue weighted by Crippen LogP contribution is 2.21. The molecule has 22 heavy (non-hydrogen) atoms. The van der Waals surface area contributed by atoms with Crippen LogP contribution in [-0.4, -0.2) is 12.6 Å². The number of hydrogen-bond donors (Lipinski definition) is 0. The number of benzene rings is 1. The average Bonchev–Trinajstić information content (AvgIpc) is 2.51. The topological polar surface area (TPSA) is 35.5 Å². The molecule has 0 aliphatic rings. The molecule has 1 unspecified atom stereocenters. The fourth-order valence-corrected chi connectivity index (χ4v) is 2.26. The monoisotopic (exact) mass is 306 g/mol. The molecule has 0 radical (unpaired) electrons. The summed E-state index contributed by atoms with van der Waals surface area (Å²) >= 11 is 0. The Hall–Kier alpha value is -1.51. The molecule has 0 bridgehead atoms. The maximum Gasteiger partial charge on any atom is 0.306 e. The zero-order chi connectivity index (χ0) is 16.2. The third-order valence-corrected chi connectivity index (χ3v) is 3.63. The van der Waals surface area contributed by atoms with Crippen LogP contribution in [0.4, 0.5) is 0 Å². The van der Waals surface area contributed by atoms with Crippen molar-refractivity contribution in [3.8, 4) is 5.75 Å². The second-order valence-corrected chi connectivity index (χ2v) is 5.71. The van der Waals surface area contributed by atoms with Crippen LogP contribution in [0.15, 0.2) is 24.3 Å². The fourth-order valence-electron chi connectivity index (χ4n) is 2.26. The van der Waals surface area contributed by atoms with Crippen LogP contribution in [0.3, 0.4) is 0 Å². The van der Waals surface area contributed by atoms with Crippen molar-refractivity contribution in [2.75, 3.05) is 6.61 Å². The van der Waals surface area contributed by atoms with Crippen molar-refractivity contribution in [1.29, 1.82) is 0 Å². The minimum Gasteiger partial charge on any atom is -0.494 e. The van der Waals surface area contributed by atoms with Crippen molar-refractivity contribution in [2.45, 2.75) is 71.8 Å². The van der Waals surface area contributed by atoms with E-state index < -0.39 is 0 Å². The normalized spacial score (nSPS) is 12.0. The first-order valence-electron chi connectivity index (χ1n) is 8.59. The highest BCUT2D eigenvalue weighted by Gasteiger charge is 2.10. The maximum atomic E-state index is 11.5. The average molecular weight is 306 g/mol. The molecule has 0 aliphatic carbocycles. The minimum absolute atomic E-state index is 0.137. The molecule has 124 valence electrons. The highest BCUT2D eigenvalue weighted by atomic mass is 16.5. The lowest BCUT2D eigenvalue weighted by Gasteiger charge is -2.14. The second-order valence-electron chi connectivity index (χ2n) is 5.71. The summed E-state index contributed by atoms with van der Waals surface area (Å²) in [6.07, 6.45) is 7.29. The molecule has 1 rings (SSSR count). The molecule has 0 saturated heterocycles. The van der Waals surface area contributed by atoms with E-state index in [-0.39, 0.29) is 12.1 Å². The predicted molar refractivity (Wildman–Crippen MR) is 90.1 cm³/mol. The predicted octanol–water partition coefficient (Wildman–Crippen LogP) is 5.44. The standard InChI is InChI=1S/C19H30O3/c1-4-6-7-8-9-15-21-18-13-11-17(12-14-18)16(3)22-19(20)10-5-2/h11-14,16H,4-10,15H2,1-3H3. The Morgan fingerprint density at radius 3 is 2.32 bits per heavy atom. The first-order valence-corrected chi connectivity index (χ1v) is 8.59. The molecular weight excluding hydrogens is 276 g/mol.